The van der Waals surface area contributed by atoms with Crippen LogP contribution in [-0.4, -0.2) is 9.78 Å². The molecule has 0 radical (unpaired) electrons. The lowest BCUT2D eigenvalue weighted by Crippen LogP contribution is -2.20. The largest absolute Gasteiger partial charge is 0.326 e. The summed E-state index contributed by atoms with van der Waals surface area (Å²) in [6.45, 7) is 0.238. The van der Waals surface area contributed by atoms with E-state index in [1.807, 2.05) is 0 Å². The highest BCUT2D eigenvalue weighted by Crippen LogP contribution is 2.06. The molecular weight excluding hydrogens is 166 g/mol. The van der Waals surface area contributed by atoms with E-state index < -0.39 is 0 Å². The Kier molecular flexibility index (Phi) is 2.26. The third-order valence-electron chi connectivity index (χ3n) is 1.34. The van der Waals surface area contributed by atoms with Crippen LogP contribution in [0, 0.1) is 0 Å². The highest BCUT2D eigenvalue weighted by atomic mass is 35.5. The van der Waals surface area contributed by atoms with Crippen molar-refractivity contribution in [1.29, 1.82) is 0 Å². The lowest BCUT2D eigenvalue weighted by atomic mass is 10.3. The molecule has 5 heteroatoms. The van der Waals surface area contributed by atoms with Gasteiger partial charge in [-0.2, -0.15) is 5.10 Å². The molecule has 1 aromatic rings. The molecule has 2 N–H and O–H groups in total. The summed E-state index contributed by atoms with van der Waals surface area (Å²) in [5, 5.41) is 4.02. The highest BCUT2D eigenvalue weighted by Gasteiger charge is 2.01. The van der Waals surface area contributed by atoms with E-state index in [1.165, 1.54) is 17.8 Å². The number of aromatic nitrogens is 2. The van der Waals surface area contributed by atoms with Crippen molar-refractivity contribution in [1.82, 2.24) is 9.78 Å². The average molecular weight is 174 g/mol. The van der Waals surface area contributed by atoms with Gasteiger partial charge in [0.05, 0.1) is 0 Å². The molecule has 1 rings (SSSR count). The second kappa shape index (κ2) is 3.02. The van der Waals surface area contributed by atoms with Crippen molar-refractivity contribution in [2.45, 2.75) is 6.54 Å². The molecule has 0 amide bonds. The molecule has 0 saturated carbocycles. The summed E-state index contributed by atoms with van der Waals surface area (Å²) < 4.78 is 1.17. The molecule has 0 aliphatic heterocycles. The lowest BCUT2D eigenvalue weighted by Gasteiger charge is -2.00. The molecule has 0 fully saturated rings. The van der Waals surface area contributed by atoms with Crippen LogP contribution in [0.1, 0.15) is 5.56 Å². The normalized spacial score (nSPS) is 10.1. The summed E-state index contributed by atoms with van der Waals surface area (Å²) in [5.41, 5.74) is 5.68. The summed E-state index contributed by atoms with van der Waals surface area (Å²) in [6, 6.07) is 1.38. The number of hydrogen-bond acceptors (Lipinski definition) is 3. The van der Waals surface area contributed by atoms with E-state index in [-0.39, 0.29) is 17.3 Å². The van der Waals surface area contributed by atoms with Gasteiger partial charge in [0.2, 0.25) is 0 Å². The van der Waals surface area contributed by atoms with E-state index in [2.05, 4.69) is 5.10 Å². The van der Waals surface area contributed by atoms with Crippen LogP contribution in [0.3, 0.4) is 0 Å². The third kappa shape index (κ3) is 1.58. The Morgan fingerprint density at radius 2 is 2.45 bits per heavy atom. The van der Waals surface area contributed by atoms with E-state index >= 15 is 0 Å². The first-order valence-corrected chi connectivity index (χ1v) is 3.45. The van der Waals surface area contributed by atoms with Crippen LogP contribution in [0.5, 0.6) is 0 Å². The molecule has 0 aliphatic rings. The van der Waals surface area contributed by atoms with Crippen molar-refractivity contribution in [3.05, 3.63) is 27.1 Å². The first kappa shape index (κ1) is 8.23. The zero-order valence-corrected chi connectivity index (χ0v) is 6.80. The van der Waals surface area contributed by atoms with Crippen LogP contribution < -0.4 is 11.3 Å². The van der Waals surface area contributed by atoms with Crippen molar-refractivity contribution in [2.24, 2.45) is 12.8 Å². The van der Waals surface area contributed by atoms with Gasteiger partial charge in [-0.15, -0.1) is 0 Å². The minimum atomic E-state index is -0.199. The third-order valence-corrected chi connectivity index (χ3v) is 1.66. The first-order chi connectivity index (χ1) is 5.15. The predicted octanol–water partition coefficient (Wildman–Crippen LogP) is -0.108. The van der Waals surface area contributed by atoms with Crippen LogP contribution >= 0.6 is 11.6 Å². The topological polar surface area (TPSA) is 60.9 Å². The molecular formula is C6H8ClN3O. The number of nitrogens with two attached hydrogens (primary N) is 1. The van der Waals surface area contributed by atoms with Crippen molar-refractivity contribution in [3.63, 3.8) is 0 Å². The molecule has 0 atom stereocenters. The van der Waals surface area contributed by atoms with Crippen molar-refractivity contribution >= 4 is 11.6 Å². The number of rotatable bonds is 1. The summed E-state index contributed by atoms with van der Waals surface area (Å²) in [7, 11) is 1.54. The van der Waals surface area contributed by atoms with Crippen molar-refractivity contribution in [2.75, 3.05) is 0 Å². The highest BCUT2D eigenvalue weighted by molar-refractivity contribution is 6.30. The van der Waals surface area contributed by atoms with Gasteiger partial charge in [0, 0.05) is 25.2 Å². The molecule has 1 aromatic heterocycles. The number of aryl methyl sites for hydroxylation is 1. The lowest BCUT2D eigenvalue weighted by molar-refractivity contribution is 0.699. The summed E-state index contributed by atoms with van der Waals surface area (Å²) >= 11 is 5.65. The Morgan fingerprint density at radius 3 is 3.00 bits per heavy atom. The molecule has 0 aromatic carbocycles. The predicted molar refractivity (Wildman–Crippen MR) is 42.4 cm³/mol. The molecule has 0 bridgehead atoms. The van der Waals surface area contributed by atoms with Gasteiger partial charge >= 0.3 is 0 Å². The molecule has 0 saturated heterocycles. The molecule has 60 valence electrons. The first-order valence-electron chi connectivity index (χ1n) is 3.08. The Balaban J connectivity index is 3.32. The fraction of sp³-hybridized carbons (Fsp3) is 0.333. The zero-order chi connectivity index (χ0) is 8.43. The number of halogens is 1. The summed E-state index contributed by atoms with van der Waals surface area (Å²) in [5.74, 6) is 0. The van der Waals surface area contributed by atoms with Gasteiger partial charge in [-0.3, -0.25) is 4.79 Å². The molecule has 0 unspecified atom stereocenters. The molecule has 0 spiro atoms. The van der Waals surface area contributed by atoms with Crippen LogP contribution in [0.4, 0.5) is 0 Å². The fourth-order valence-corrected chi connectivity index (χ4v) is 0.935. The second-order valence-corrected chi connectivity index (χ2v) is 2.48. The molecule has 4 nitrogen and oxygen atoms in total. The second-order valence-electron chi connectivity index (χ2n) is 2.13. The Hall–Kier alpha value is -0.870. The minimum Gasteiger partial charge on any atom is -0.326 e. The van der Waals surface area contributed by atoms with Crippen molar-refractivity contribution < 1.29 is 0 Å². The maximum absolute atomic E-state index is 10.9. The van der Waals surface area contributed by atoms with Gasteiger partial charge in [0.1, 0.15) is 0 Å². The van der Waals surface area contributed by atoms with Gasteiger partial charge in [0.25, 0.3) is 5.56 Å². The summed E-state index contributed by atoms with van der Waals surface area (Å²) in [6.07, 6.45) is 0. The SMILES string of the molecule is Cn1nc(Cl)c(CN)cc1=O. The molecule has 11 heavy (non-hydrogen) atoms. The monoisotopic (exact) mass is 173 g/mol. The molecule has 1 heterocycles. The fourth-order valence-electron chi connectivity index (χ4n) is 0.690. The Morgan fingerprint density at radius 1 is 1.82 bits per heavy atom. The van der Waals surface area contributed by atoms with E-state index in [1.54, 1.807) is 0 Å². The number of nitrogens with zero attached hydrogens (tertiary/aromatic N) is 2. The Labute approximate surface area is 68.6 Å². The van der Waals surface area contributed by atoms with Gasteiger partial charge < -0.3 is 5.73 Å². The van der Waals surface area contributed by atoms with Gasteiger partial charge in [0.15, 0.2) is 5.15 Å². The van der Waals surface area contributed by atoms with E-state index in [4.69, 9.17) is 17.3 Å². The van der Waals surface area contributed by atoms with Gasteiger partial charge in [-0.1, -0.05) is 11.6 Å². The summed E-state index contributed by atoms with van der Waals surface area (Å²) in [4.78, 5) is 10.9. The van der Waals surface area contributed by atoms with Crippen LogP contribution in [0.2, 0.25) is 5.15 Å². The average Bonchev–Trinajstić information content (AvgIpc) is 1.97. The number of hydrogen-bond donors (Lipinski definition) is 1. The Bertz CT molecular complexity index is 320. The standard InChI is InChI=1S/C6H8ClN3O/c1-10-5(11)2-4(3-8)6(7)9-10/h2H,3,8H2,1H3. The van der Waals surface area contributed by atoms with Gasteiger partial charge in [-0.25, -0.2) is 4.68 Å². The minimum absolute atomic E-state index is 0.199. The maximum Gasteiger partial charge on any atom is 0.266 e. The van der Waals surface area contributed by atoms with Crippen LogP contribution in [0.15, 0.2) is 10.9 Å². The quantitative estimate of drug-likeness (QED) is 0.645. The van der Waals surface area contributed by atoms with Crippen LogP contribution in [-0.2, 0) is 13.6 Å². The smallest absolute Gasteiger partial charge is 0.266 e. The van der Waals surface area contributed by atoms with E-state index in [0.717, 1.165) is 0 Å². The van der Waals surface area contributed by atoms with E-state index in [9.17, 15) is 4.79 Å². The van der Waals surface area contributed by atoms with E-state index in [0.29, 0.717) is 5.56 Å². The van der Waals surface area contributed by atoms with Crippen LogP contribution in [0.25, 0.3) is 0 Å². The van der Waals surface area contributed by atoms with Gasteiger partial charge in [-0.05, 0) is 0 Å². The maximum atomic E-state index is 10.9. The molecule has 0 aliphatic carbocycles. The zero-order valence-electron chi connectivity index (χ0n) is 6.04. The van der Waals surface area contributed by atoms with Crippen molar-refractivity contribution in [3.8, 4) is 0 Å².